The molecule has 0 aliphatic rings. The molecule has 2 aromatic carbocycles. The second kappa shape index (κ2) is 6.84. The van der Waals surface area contributed by atoms with Crippen molar-refractivity contribution in [2.24, 2.45) is 0 Å². The van der Waals surface area contributed by atoms with Crippen LogP contribution in [-0.4, -0.2) is 15.5 Å². The van der Waals surface area contributed by atoms with Gasteiger partial charge in [0, 0.05) is 6.92 Å². The minimum Gasteiger partial charge on any atom is -0.346 e. The number of nitrogens with zero attached hydrogens (tertiary/aromatic N) is 2. The smallest absolute Gasteiger partial charge is 0.269 e. The van der Waals surface area contributed by atoms with Gasteiger partial charge >= 0.3 is 0 Å². The Balaban J connectivity index is 2.38. The molecule has 1 atom stereocenters. The van der Waals surface area contributed by atoms with Gasteiger partial charge in [0.1, 0.15) is 17.0 Å². The maximum absolute atomic E-state index is 14.2. The van der Waals surface area contributed by atoms with Crippen LogP contribution in [0.2, 0.25) is 0 Å². The van der Waals surface area contributed by atoms with E-state index < -0.39 is 17.4 Å². The normalized spacial score (nSPS) is 12.1. The summed E-state index contributed by atoms with van der Waals surface area (Å²) in [4.78, 5) is 29.1. The van der Waals surface area contributed by atoms with Gasteiger partial charge in [-0.05, 0) is 30.7 Å². The van der Waals surface area contributed by atoms with Crippen LogP contribution in [0.5, 0.6) is 0 Å². The molecular weight excluding hydrogens is 321 g/mol. The average molecular weight is 339 g/mol. The SMILES string of the molecule is CC[C@H](NC(C)=O)c1nc2cccc(F)c2c(=O)n1-c1ccccc1. The lowest BCUT2D eigenvalue weighted by Crippen LogP contribution is -2.33. The number of carbonyl (C=O) groups excluding carboxylic acids is 1. The second-order valence-corrected chi connectivity index (χ2v) is 5.74. The van der Waals surface area contributed by atoms with Crippen LogP contribution in [0.4, 0.5) is 4.39 Å². The van der Waals surface area contributed by atoms with Gasteiger partial charge in [0.05, 0.1) is 17.2 Å². The van der Waals surface area contributed by atoms with Crippen molar-refractivity contribution in [3.8, 4) is 5.69 Å². The van der Waals surface area contributed by atoms with Crippen molar-refractivity contribution < 1.29 is 9.18 Å². The molecule has 0 bridgehead atoms. The summed E-state index contributed by atoms with van der Waals surface area (Å²) < 4.78 is 15.6. The van der Waals surface area contributed by atoms with E-state index in [2.05, 4.69) is 10.3 Å². The summed E-state index contributed by atoms with van der Waals surface area (Å²) in [6, 6.07) is 12.8. The molecule has 6 heteroatoms. The first-order valence-corrected chi connectivity index (χ1v) is 8.06. The highest BCUT2D eigenvalue weighted by molar-refractivity contribution is 5.79. The maximum atomic E-state index is 14.2. The Hall–Kier alpha value is -3.02. The van der Waals surface area contributed by atoms with Crippen molar-refractivity contribution in [2.75, 3.05) is 0 Å². The summed E-state index contributed by atoms with van der Waals surface area (Å²) in [5.41, 5.74) is 0.355. The van der Waals surface area contributed by atoms with Crippen molar-refractivity contribution in [3.05, 3.63) is 70.5 Å². The van der Waals surface area contributed by atoms with Crippen LogP contribution in [-0.2, 0) is 4.79 Å². The Morgan fingerprint density at radius 2 is 1.92 bits per heavy atom. The molecule has 128 valence electrons. The number of benzene rings is 2. The molecule has 1 N–H and O–H groups in total. The first-order chi connectivity index (χ1) is 12.0. The summed E-state index contributed by atoms with van der Waals surface area (Å²) in [5.74, 6) is -0.453. The van der Waals surface area contributed by atoms with Crippen LogP contribution in [0.3, 0.4) is 0 Å². The molecule has 1 aromatic heterocycles. The number of para-hydroxylation sites is 1. The predicted octanol–water partition coefficient (Wildman–Crippen LogP) is 3.11. The van der Waals surface area contributed by atoms with E-state index in [1.54, 1.807) is 30.3 Å². The lowest BCUT2D eigenvalue weighted by Gasteiger charge is -2.21. The maximum Gasteiger partial charge on any atom is 0.269 e. The topological polar surface area (TPSA) is 64.0 Å². The van der Waals surface area contributed by atoms with Gasteiger partial charge in [0.25, 0.3) is 5.56 Å². The summed E-state index contributed by atoms with van der Waals surface area (Å²) >= 11 is 0. The largest absolute Gasteiger partial charge is 0.346 e. The van der Waals surface area contributed by atoms with Gasteiger partial charge in [-0.25, -0.2) is 9.37 Å². The molecule has 0 fully saturated rings. The van der Waals surface area contributed by atoms with Crippen LogP contribution < -0.4 is 10.9 Å². The van der Waals surface area contributed by atoms with Crippen molar-refractivity contribution in [3.63, 3.8) is 0 Å². The van der Waals surface area contributed by atoms with E-state index in [0.717, 1.165) is 0 Å². The summed E-state index contributed by atoms with van der Waals surface area (Å²) in [6.45, 7) is 3.30. The van der Waals surface area contributed by atoms with Gasteiger partial charge in [-0.1, -0.05) is 31.2 Å². The third kappa shape index (κ3) is 3.15. The molecule has 1 heterocycles. The van der Waals surface area contributed by atoms with Gasteiger partial charge in [-0.2, -0.15) is 0 Å². The molecule has 3 aromatic rings. The number of amides is 1. The number of fused-ring (bicyclic) bond motifs is 1. The predicted molar refractivity (Wildman–Crippen MR) is 94.1 cm³/mol. The molecule has 0 saturated carbocycles. The third-order valence-electron chi connectivity index (χ3n) is 3.98. The first-order valence-electron chi connectivity index (χ1n) is 8.06. The highest BCUT2D eigenvalue weighted by Crippen LogP contribution is 2.21. The molecule has 25 heavy (non-hydrogen) atoms. The fourth-order valence-electron chi connectivity index (χ4n) is 2.86. The van der Waals surface area contributed by atoms with E-state index in [-0.39, 0.29) is 16.8 Å². The van der Waals surface area contributed by atoms with E-state index in [1.165, 1.54) is 23.6 Å². The highest BCUT2D eigenvalue weighted by Gasteiger charge is 2.21. The minimum atomic E-state index is -0.612. The van der Waals surface area contributed by atoms with E-state index in [1.807, 2.05) is 13.0 Å². The molecule has 5 nitrogen and oxygen atoms in total. The Kier molecular flexibility index (Phi) is 4.61. The number of nitrogens with one attached hydrogen (secondary N) is 1. The minimum absolute atomic E-state index is 0.0622. The molecule has 0 aliphatic carbocycles. The van der Waals surface area contributed by atoms with E-state index in [4.69, 9.17) is 0 Å². The van der Waals surface area contributed by atoms with E-state index in [9.17, 15) is 14.0 Å². The van der Waals surface area contributed by atoms with Crippen LogP contribution >= 0.6 is 0 Å². The molecule has 0 spiro atoms. The highest BCUT2D eigenvalue weighted by atomic mass is 19.1. The zero-order chi connectivity index (χ0) is 18.0. The molecule has 0 unspecified atom stereocenters. The zero-order valence-electron chi connectivity index (χ0n) is 14.0. The number of rotatable bonds is 4. The number of halogens is 1. The summed E-state index contributed by atoms with van der Waals surface area (Å²) in [6.07, 6.45) is 0.541. The second-order valence-electron chi connectivity index (χ2n) is 5.74. The number of carbonyl (C=O) groups is 1. The van der Waals surface area contributed by atoms with Gasteiger partial charge in [0.2, 0.25) is 5.91 Å². The van der Waals surface area contributed by atoms with Gasteiger partial charge < -0.3 is 5.32 Å². The van der Waals surface area contributed by atoms with Crippen molar-refractivity contribution in [2.45, 2.75) is 26.3 Å². The first kappa shape index (κ1) is 16.8. The lowest BCUT2D eigenvalue weighted by molar-refractivity contribution is -0.119. The fourth-order valence-corrected chi connectivity index (χ4v) is 2.86. The molecule has 0 saturated heterocycles. The van der Waals surface area contributed by atoms with E-state index in [0.29, 0.717) is 17.9 Å². The lowest BCUT2D eigenvalue weighted by atomic mass is 10.1. The Morgan fingerprint density at radius 1 is 1.20 bits per heavy atom. The molecule has 3 rings (SSSR count). The molecule has 0 aliphatic heterocycles. The number of aromatic nitrogens is 2. The number of hydrogen-bond donors (Lipinski definition) is 1. The summed E-state index contributed by atoms with van der Waals surface area (Å²) in [7, 11) is 0. The Bertz CT molecular complexity index is 983. The quantitative estimate of drug-likeness (QED) is 0.794. The van der Waals surface area contributed by atoms with Crippen LogP contribution in [0, 0.1) is 5.82 Å². The Labute approximate surface area is 144 Å². The van der Waals surface area contributed by atoms with Crippen molar-refractivity contribution >= 4 is 16.8 Å². The van der Waals surface area contributed by atoms with Gasteiger partial charge in [-0.3, -0.25) is 14.2 Å². The molecular formula is C19H18FN3O2. The van der Waals surface area contributed by atoms with Gasteiger partial charge in [-0.15, -0.1) is 0 Å². The fraction of sp³-hybridized carbons (Fsp3) is 0.211. The number of hydrogen-bond acceptors (Lipinski definition) is 3. The van der Waals surface area contributed by atoms with Crippen molar-refractivity contribution in [1.82, 2.24) is 14.9 Å². The van der Waals surface area contributed by atoms with Gasteiger partial charge in [0.15, 0.2) is 0 Å². The average Bonchev–Trinajstić information content (AvgIpc) is 2.60. The van der Waals surface area contributed by atoms with E-state index >= 15 is 0 Å². The third-order valence-corrected chi connectivity index (χ3v) is 3.98. The zero-order valence-corrected chi connectivity index (χ0v) is 14.0. The van der Waals surface area contributed by atoms with Crippen LogP contribution in [0.15, 0.2) is 53.3 Å². The molecule has 0 radical (unpaired) electrons. The summed E-state index contributed by atoms with van der Waals surface area (Å²) in [5, 5.41) is 2.75. The van der Waals surface area contributed by atoms with Crippen LogP contribution in [0.1, 0.15) is 32.1 Å². The monoisotopic (exact) mass is 339 g/mol. The standard InChI is InChI=1S/C19H18FN3O2/c1-3-15(21-12(2)24)18-22-16-11-7-10-14(20)17(16)19(25)23(18)13-8-5-4-6-9-13/h4-11,15H,3H2,1-2H3,(H,21,24)/t15-/m0/s1. The van der Waals surface area contributed by atoms with Crippen LogP contribution in [0.25, 0.3) is 16.6 Å². The molecule has 1 amide bonds. The van der Waals surface area contributed by atoms with Crippen molar-refractivity contribution in [1.29, 1.82) is 0 Å². The Morgan fingerprint density at radius 3 is 2.56 bits per heavy atom.